The van der Waals surface area contributed by atoms with E-state index in [1.165, 1.54) is 12.1 Å². The molecule has 2 aromatic carbocycles. The Morgan fingerprint density at radius 2 is 1.70 bits per heavy atom. The maximum atomic E-state index is 12.2. The highest BCUT2D eigenvalue weighted by molar-refractivity contribution is 14.0. The van der Waals surface area contributed by atoms with Crippen molar-refractivity contribution in [1.29, 1.82) is 0 Å². The summed E-state index contributed by atoms with van der Waals surface area (Å²) in [6.45, 7) is 0.493. The largest absolute Gasteiger partial charge is 0.435 e. The average Bonchev–Trinajstić information content (AvgIpc) is 2.70. The second-order valence-electron chi connectivity index (χ2n) is 6.60. The summed E-state index contributed by atoms with van der Waals surface area (Å²) in [4.78, 5) is 6.57. The lowest BCUT2D eigenvalue weighted by Gasteiger charge is -2.16. The van der Waals surface area contributed by atoms with Crippen molar-refractivity contribution in [2.45, 2.75) is 26.2 Å². The number of benzene rings is 2. The predicted octanol–water partition coefficient (Wildman–Crippen LogP) is 3.76. The van der Waals surface area contributed by atoms with Crippen molar-refractivity contribution in [1.82, 2.24) is 10.6 Å². The fraction of sp³-hybridized carbons (Fsp3) is 0.381. The van der Waals surface area contributed by atoms with Crippen LogP contribution in [0.5, 0.6) is 5.75 Å². The fourth-order valence-corrected chi connectivity index (χ4v) is 2.59. The number of rotatable bonds is 9. The van der Waals surface area contributed by atoms with Crippen molar-refractivity contribution in [2.75, 3.05) is 32.1 Å². The molecule has 0 aliphatic rings. The monoisotopic (exact) mass is 534 g/mol. The average molecular weight is 534 g/mol. The molecule has 1 atom stereocenters. The topological polar surface area (TPSA) is 69.1 Å². The smallest absolute Gasteiger partial charge is 0.387 e. The Morgan fingerprint density at radius 3 is 2.23 bits per heavy atom. The molecule has 0 saturated heterocycles. The Kier molecular flexibility index (Phi) is 11.4. The van der Waals surface area contributed by atoms with Gasteiger partial charge in [-0.05, 0) is 42.3 Å². The zero-order valence-corrected chi connectivity index (χ0v) is 19.6. The molecule has 0 saturated carbocycles. The van der Waals surface area contributed by atoms with Gasteiger partial charge in [-0.15, -0.1) is 24.0 Å². The van der Waals surface area contributed by atoms with Crippen LogP contribution in [0.15, 0.2) is 53.5 Å². The van der Waals surface area contributed by atoms with Gasteiger partial charge in [0.15, 0.2) is 5.96 Å². The maximum Gasteiger partial charge on any atom is 0.387 e. The van der Waals surface area contributed by atoms with Crippen molar-refractivity contribution in [3.05, 3.63) is 59.7 Å². The predicted molar refractivity (Wildman–Crippen MR) is 127 cm³/mol. The Bertz CT molecular complexity index is 772. The van der Waals surface area contributed by atoms with Crippen LogP contribution in [0, 0.1) is 0 Å². The molecule has 0 heterocycles. The van der Waals surface area contributed by atoms with Gasteiger partial charge in [-0.1, -0.05) is 24.3 Å². The molecule has 0 fully saturated rings. The van der Waals surface area contributed by atoms with E-state index in [4.69, 9.17) is 0 Å². The van der Waals surface area contributed by atoms with Gasteiger partial charge >= 0.3 is 6.61 Å². The highest BCUT2D eigenvalue weighted by Crippen LogP contribution is 2.19. The van der Waals surface area contributed by atoms with E-state index in [-0.39, 0.29) is 36.3 Å². The van der Waals surface area contributed by atoms with Gasteiger partial charge in [-0.2, -0.15) is 8.78 Å². The Balaban J connectivity index is 0.00000450. The van der Waals surface area contributed by atoms with E-state index in [1.807, 2.05) is 50.2 Å². The van der Waals surface area contributed by atoms with E-state index in [0.717, 1.165) is 11.3 Å². The molecule has 9 heteroatoms. The van der Waals surface area contributed by atoms with Crippen molar-refractivity contribution < 1.29 is 18.6 Å². The summed E-state index contributed by atoms with van der Waals surface area (Å²) in [5.74, 6) is 0.639. The van der Waals surface area contributed by atoms with Gasteiger partial charge in [0.05, 0.1) is 12.6 Å². The van der Waals surface area contributed by atoms with Crippen LogP contribution in [0.4, 0.5) is 14.5 Å². The van der Waals surface area contributed by atoms with Crippen LogP contribution in [0.1, 0.15) is 24.2 Å². The molecule has 0 bridgehead atoms. The number of alkyl halides is 2. The molecular weight excluding hydrogens is 505 g/mol. The number of anilines is 1. The van der Waals surface area contributed by atoms with Gasteiger partial charge < -0.3 is 25.4 Å². The summed E-state index contributed by atoms with van der Waals surface area (Å²) in [6, 6.07) is 14.1. The van der Waals surface area contributed by atoms with Gasteiger partial charge in [-0.25, -0.2) is 4.99 Å². The molecule has 0 radical (unpaired) electrons. The molecule has 0 amide bonds. The van der Waals surface area contributed by atoms with Crippen LogP contribution in [0.25, 0.3) is 0 Å². The number of nitrogens with one attached hydrogen (secondary N) is 2. The second kappa shape index (κ2) is 13.2. The molecule has 30 heavy (non-hydrogen) atoms. The van der Waals surface area contributed by atoms with Crippen LogP contribution in [0.3, 0.4) is 0 Å². The first kappa shape index (κ1) is 25.9. The van der Waals surface area contributed by atoms with Crippen LogP contribution in [-0.2, 0) is 6.54 Å². The second-order valence-corrected chi connectivity index (χ2v) is 6.60. The minimum Gasteiger partial charge on any atom is -0.435 e. The minimum absolute atomic E-state index is 0. The highest BCUT2D eigenvalue weighted by atomic mass is 127. The number of halogens is 3. The summed E-state index contributed by atoms with van der Waals surface area (Å²) < 4.78 is 28.7. The van der Waals surface area contributed by atoms with E-state index in [0.29, 0.717) is 24.6 Å². The molecule has 166 valence electrons. The van der Waals surface area contributed by atoms with E-state index in [9.17, 15) is 13.9 Å². The minimum atomic E-state index is -2.87. The summed E-state index contributed by atoms with van der Waals surface area (Å²) in [6.07, 6.45) is -0.821. The molecule has 0 aliphatic heterocycles. The standard InChI is InChI=1S/C21H28F2N4O2.HI/c1-4-24-21(25-13-15-5-9-17(10-6-15)27(2)3)26-14-19(28)16-7-11-18(12-8-16)29-20(22)23;/h5-12,19-20,28H,4,13-14H2,1-3H3,(H2,24,25,26);1H. The van der Waals surface area contributed by atoms with E-state index in [1.54, 1.807) is 12.1 Å². The number of hydrogen-bond acceptors (Lipinski definition) is 4. The normalized spacial score (nSPS) is 12.2. The number of guanidine groups is 1. The van der Waals surface area contributed by atoms with Crippen LogP contribution in [0.2, 0.25) is 0 Å². The summed E-state index contributed by atoms with van der Waals surface area (Å²) in [5.41, 5.74) is 2.79. The third-order valence-electron chi connectivity index (χ3n) is 4.17. The first-order valence-electron chi connectivity index (χ1n) is 9.40. The van der Waals surface area contributed by atoms with Gasteiger partial charge in [0, 0.05) is 32.9 Å². The van der Waals surface area contributed by atoms with Crippen molar-refractivity contribution in [2.24, 2.45) is 4.99 Å². The number of ether oxygens (including phenoxy) is 1. The van der Waals surface area contributed by atoms with Crippen molar-refractivity contribution in [3.8, 4) is 5.75 Å². The molecule has 0 spiro atoms. The molecule has 6 nitrogen and oxygen atoms in total. The van der Waals surface area contributed by atoms with Gasteiger partial charge in [0.25, 0.3) is 0 Å². The number of aliphatic hydroxyl groups excluding tert-OH is 1. The van der Waals surface area contributed by atoms with Gasteiger partial charge in [0.2, 0.25) is 0 Å². The quantitative estimate of drug-likeness (QED) is 0.260. The lowest BCUT2D eigenvalue weighted by Crippen LogP contribution is -2.39. The zero-order chi connectivity index (χ0) is 21.2. The van der Waals surface area contributed by atoms with E-state index < -0.39 is 12.7 Å². The van der Waals surface area contributed by atoms with E-state index >= 15 is 0 Å². The van der Waals surface area contributed by atoms with Gasteiger partial charge in [0.1, 0.15) is 5.75 Å². The summed E-state index contributed by atoms with van der Waals surface area (Å²) >= 11 is 0. The third-order valence-corrected chi connectivity index (χ3v) is 4.17. The Morgan fingerprint density at radius 1 is 1.07 bits per heavy atom. The lowest BCUT2D eigenvalue weighted by atomic mass is 10.1. The number of aliphatic hydroxyl groups is 1. The number of nitrogens with zero attached hydrogens (tertiary/aromatic N) is 2. The fourth-order valence-electron chi connectivity index (χ4n) is 2.59. The molecule has 1 unspecified atom stereocenters. The summed E-state index contributed by atoms with van der Waals surface area (Å²) in [7, 11) is 3.98. The molecule has 3 N–H and O–H groups in total. The first-order chi connectivity index (χ1) is 13.9. The Hall–Kier alpha value is -2.14. The van der Waals surface area contributed by atoms with Crippen molar-refractivity contribution in [3.63, 3.8) is 0 Å². The van der Waals surface area contributed by atoms with Crippen molar-refractivity contribution >= 4 is 35.6 Å². The SMILES string of the molecule is CCNC(=NCc1ccc(N(C)C)cc1)NCC(O)c1ccc(OC(F)F)cc1.I. The van der Waals surface area contributed by atoms with Crippen LogP contribution < -0.4 is 20.3 Å². The molecule has 0 aliphatic carbocycles. The maximum absolute atomic E-state index is 12.2. The molecule has 2 rings (SSSR count). The molecule has 0 aromatic heterocycles. The number of aliphatic imine (C=N–C) groups is 1. The Labute approximate surface area is 193 Å². The first-order valence-corrected chi connectivity index (χ1v) is 9.40. The molecule has 2 aromatic rings. The molecular formula is C21H29F2IN4O2. The lowest BCUT2D eigenvalue weighted by molar-refractivity contribution is -0.0498. The van der Waals surface area contributed by atoms with Crippen LogP contribution >= 0.6 is 24.0 Å². The third kappa shape index (κ3) is 8.70. The summed E-state index contributed by atoms with van der Waals surface area (Å²) in [5, 5.41) is 16.6. The van der Waals surface area contributed by atoms with Gasteiger partial charge in [-0.3, -0.25) is 0 Å². The van der Waals surface area contributed by atoms with Crippen LogP contribution in [-0.4, -0.2) is 44.9 Å². The highest BCUT2D eigenvalue weighted by Gasteiger charge is 2.10. The van der Waals surface area contributed by atoms with E-state index in [2.05, 4.69) is 20.4 Å². The number of hydrogen-bond donors (Lipinski definition) is 3. The zero-order valence-electron chi connectivity index (χ0n) is 17.3.